The summed E-state index contributed by atoms with van der Waals surface area (Å²) < 4.78 is 43.3. The number of ether oxygens (including phenoxy) is 1. The van der Waals surface area contributed by atoms with E-state index in [1.807, 2.05) is 20.8 Å². The number of hydrogen-bond donors (Lipinski definition) is 1. The van der Waals surface area contributed by atoms with Crippen LogP contribution in [0.3, 0.4) is 0 Å². The number of likely N-dealkylation sites (tertiary alicyclic amines) is 1. The smallest absolute Gasteiger partial charge is 0.416 e. The second kappa shape index (κ2) is 7.34. The van der Waals surface area contributed by atoms with Crippen molar-refractivity contribution in [3.05, 3.63) is 35.4 Å². The van der Waals surface area contributed by atoms with Crippen molar-refractivity contribution in [3.63, 3.8) is 0 Å². The Labute approximate surface area is 158 Å². The molecule has 1 amide bonds. The van der Waals surface area contributed by atoms with E-state index in [2.05, 4.69) is 5.32 Å². The first-order chi connectivity index (χ1) is 12.5. The van der Waals surface area contributed by atoms with Gasteiger partial charge >= 0.3 is 12.3 Å². The number of hydrogen-bond acceptors (Lipinski definition) is 3. The van der Waals surface area contributed by atoms with Gasteiger partial charge in [-0.25, -0.2) is 4.79 Å². The van der Waals surface area contributed by atoms with Gasteiger partial charge in [-0.3, -0.25) is 0 Å². The van der Waals surface area contributed by atoms with Gasteiger partial charge in [-0.15, -0.1) is 0 Å². The van der Waals surface area contributed by atoms with E-state index < -0.39 is 17.3 Å². The van der Waals surface area contributed by atoms with E-state index >= 15 is 0 Å². The fraction of sp³-hybridized carbons (Fsp3) is 0.650. The summed E-state index contributed by atoms with van der Waals surface area (Å²) in [5, 5.41) is 3.45. The first-order valence-corrected chi connectivity index (χ1v) is 9.39. The maximum atomic E-state index is 12.6. The zero-order valence-electron chi connectivity index (χ0n) is 16.0. The molecule has 0 spiro atoms. The maximum absolute atomic E-state index is 12.6. The lowest BCUT2D eigenvalue weighted by Gasteiger charge is -2.25. The number of fused-ring (bicyclic) bond motifs is 1. The van der Waals surface area contributed by atoms with Gasteiger partial charge in [0.25, 0.3) is 0 Å². The van der Waals surface area contributed by atoms with Crippen LogP contribution >= 0.6 is 0 Å². The van der Waals surface area contributed by atoms with Gasteiger partial charge in [0.2, 0.25) is 0 Å². The number of alkyl halides is 3. The van der Waals surface area contributed by atoms with Crippen LogP contribution in [0.25, 0.3) is 0 Å². The Hall–Kier alpha value is -1.76. The predicted octanol–water partition coefficient (Wildman–Crippen LogP) is 4.44. The minimum absolute atomic E-state index is 0.244. The molecule has 3 rings (SSSR count). The van der Waals surface area contributed by atoms with E-state index in [4.69, 9.17) is 4.74 Å². The van der Waals surface area contributed by atoms with Crippen LogP contribution in [0.4, 0.5) is 18.0 Å². The summed E-state index contributed by atoms with van der Waals surface area (Å²) in [4.78, 5) is 14.0. The summed E-state index contributed by atoms with van der Waals surface area (Å²) in [6.45, 7) is 7.59. The Balaban J connectivity index is 1.45. The molecule has 1 saturated carbocycles. The van der Waals surface area contributed by atoms with Crippen LogP contribution in [0.5, 0.6) is 0 Å². The highest BCUT2D eigenvalue weighted by Crippen LogP contribution is 2.38. The van der Waals surface area contributed by atoms with Gasteiger partial charge in [0.15, 0.2) is 0 Å². The van der Waals surface area contributed by atoms with Crippen molar-refractivity contribution in [2.24, 2.45) is 11.8 Å². The minimum Gasteiger partial charge on any atom is -0.444 e. The van der Waals surface area contributed by atoms with E-state index in [9.17, 15) is 18.0 Å². The topological polar surface area (TPSA) is 41.6 Å². The average Bonchev–Trinajstić information content (AvgIpc) is 3.09. The number of carbonyl (C=O) groups excluding carboxylic acids is 1. The van der Waals surface area contributed by atoms with Crippen LogP contribution in [0.15, 0.2) is 24.3 Å². The van der Waals surface area contributed by atoms with Gasteiger partial charge in [0.1, 0.15) is 5.60 Å². The van der Waals surface area contributed by atoms with Crippen molar-refractivity contribution < 1.29 is 22.7 Å². The maximum Gasteiger partial charge on any atom is 0.416 e. The molecular weight excluding hydrogens is 357 g/mol. The van der Waals surface area contributed by atoms with Gasteiger partial charge in [-0.2, -0.15) is 13.2 Å². The second-order valence-electron chi connectivity index (χ2n) is 8.65. The molecule has 1 aliphatic heterocycles. The van der Waals surface area contributed by atoms with Gasteiger partial charge in [0.05, 0.1) is 5.56 Å². The minimum atomic E-state index is -4.30. The van der Waals surface area contributed by atoms with Crippen molar-refractivity contribution in [2.45, 2.75) is 58.0 Å². The van der Waals surface area contributed by atoms with Crippen LogP contribution in [-0.4, -0.2) is 35.7 Å². The van der Waals surface area contributed by atoms with Crippen LogP contribution in [0, 0.1) is 11.8 Å². The molecule has 2 fully saturated rings. The van der Waals surface area contributed by atoms with Crippen LogP contribution in [0.1, 0.15) is 44.7 Å². The number of rotatable bonds is 3. The molecule has 0 unspecified atom stereocenters. The molecule has 1 aromatic carbocycles. The highest BCUT2D eigenvalue weighted by atomic mass is 19.4. The summed E-state index contributed by atoms with van der Waals surface area (Å²) in [6.07, 6.45) is -2.59. The third kappa shape index (κ3) is 5.15. The van der Waals surface area contributed by atoms with Gasteiger partial charge < -0.3 is 15.0 Å². The van der Waals surface area contributed by atoms with Crippen molar-refractivity contribution in [1.82, 2.24) is 10.2 Å². The first-order valence-electron chi connectivity index (χ1n) is 9.39. The Morgan fingerprint density at radius 3 is 2.15 bits per heavy atom. The second-order valence-corrected chi connectivity index (χ2v) is 8.65. The third-order valence-electron chi connectivity index (χ3n) is 5.28. The van der Waals surface area contributed by atoms with E-state index in [0.29, 0.717) is 24.4 Å². The van der Waals surface area contributed by atoms with Gasteiger partial charge in [-0.1, -0.05) is 12.1 Å². The number of nitrogens with zero attached hydrogens (tertiary/aromatic N) is 1. The lowest BCUT2D eigenvalue weighted by atomic mass is 10.0. The zero-order valence-corrected chi connectivity index (χ0v) is 16.0. The van der Waals surface area contributed by atoms with Gasteiger partial charge in [0, 0.05) is 25.7 Å². The predicted molar refractivity (Wildman–Crippen MR) is 96.1 cm³/mol. The van der Waals surface area contributed by atoms with E-state index in [-0.39, 0.29) is 6.09 Å². The Morgan fingerprint density at radius 1 is 1.11 bits per heavy atom. The van der Waals surface area contributed by atoms with Crippen molar-refractivity contribution in [3.8, 4) is 0 Å². The molecule has 4 nitrogen and oxygen atoms in total. The molecule has 1 N–H and O–H groups in total. The van der Waals surface area contributed by atoms with Crippen LogP contribution < -0.4 is 5.32 Å². The molecule has 1 heterocycles. The lowest BCUT2D eigenvalue weighted by molar-refractivity contribution is -0.137. The molecule has 1 aromatic rings. The molecule has 0 aromatic heterocycles. The first kappa shape index (κ1) is 20.0. The van der Waals surface area contributed by atoms with Crippen molar-refractivity contribution >= 4 is 6.09 Å². The number of benzene rings is 1. The number of carbonyl (C=O) groups is 1. The molecule has 0 radical (unpaired) electrons. The molecule has 1 aliphatic carbocycles. The number of amides is 1. The fourth-order valence-corrected chi connectivity index (χ4v) is 4.02. The normalized spacial score (nSPS) is 25.6. The summed E-state index contributed by atoms with van der Waals surface area (Å²) in [5.41, 5.74) is -0.264. The van der Waals surface area contributed by atoms with Gasteiger partial charge in [-0.05, 0) is 63.1 Å². The lowest BCUT2D eigenvalue weighted by Crippen LogP contribution is -2.37. The Kier molecular flexibility index (Phi) is 5.43. The van der Waals surface area contributed by atoms with Crippen LogP contribution in [-0.2, 0) is 17.5 Å². The average molecular weight is 384 g/mol. The van der Waals surface area contributed by atoms with Crippen molar-refractivity contribution in [1.29, 1.82) is 0 Å². The molecule has 150 valence electrons. The number of halogens is 3. The van der Waals surface area contributed by atoms with Crippen molar-refractivity contribution in [2.75, 3.05) is 13.1 Å². The summed E-state index contributed by atoms with van der Waals surface area (Å²) >= 11 is 0. The molecule has 7 heteroatoms. The monoisotopic (exact) mass is 384 g/mol. The summed E-state index contributed by atoms with van der Waals surface area (Å²) in [6, 6.07) is 5.63. The zero-order chi connectivity index (χ0) is 19.8. The molecular formula is C20H27F3N2O2. The Morgan fingerprint density at radius 2 is 1.67 bits per heavy atom. The SMILES string of the molecule is CC(C)(C)OC(=O)N1C[C@H]2C[C@@H](NCc3ccc(C(F)(F)F)cc3)C[C@H]2C1. The molecule has 1 saturated heterocycles. The quantitative estimate of drug-likeness (QED) is 0.838. The Bertz CT molecular complexity index is 653. The number of nitrogens with one attached hydrogen (secondary N) is 1. The van der Waals surface area contributed by atoms with E-state index in [1.165, 1.54) is 12.1 Å². The van der Waals surface area contributed by atoms with Crippen LogP contribution in [0.2, 0.25) is 0 Å². The van der Waals surface area contributed by atoms with E-state index in [1.54, 1.807) is 4.90 Å². The summed E-state index contributed by atoms with van der Waals surface area (Å²) in [7, 11) is 0. The highest BCUT2D eigenvalue weighted by Gasteiger charge is 2.43. The molecule has 2 aliphatic rings. The standard InChI is InChI=1S/C20H27F3N2O2/c1-19(2,3)27-18(26)25-11-14-8-17(9-15(14)12-25)24-10-13-4-6-16(7-5-13)20(21,22)23/h4-7,14-15,17,24H,8-12H2,1-3H3/t14-,15+,17-. The molecule has 3 atom stereocenters. The summed E-state index contributed by atoms with van der Waals surface area (Å²) in [5.74, 6) is 0.922. The van der Waals surface area contributed by atoms with E-state index in [0.717, 1.165) is 43.6 Å². The highest BCUT2D eigenvalue weighted by molar-refractivity contribution is 5.68. The third-order valence-corrected chi connectivity index (χ3v) is 5.28. The molecule has 27 heavy (non-hydrogen) atoms. The fourth-order valence-electron chi connectivity index (χ4n) is 4.02. The largest absolute Gasteiger partial charge is 0.444 e. The molecule has 0 bridgehead atoms.